The molecular weight excluding hydrogens is 232 g/mol. The van der Waals surface area contributed by atoms with Crippen LogP contribution in [0.1, 0.15) is 23.7 Å². The molecule has 0 saturated heterocycles. The van der Waals surface area contributed by atoms with Crippen molar-refractivity contribution < 1.29 is 0 Å². The summed E-state index contributed by atoms with van der Waals surface area (Å²) in [6.45, 7) is 2.21. The van der Waals surface area contributed by atoms with E-state index in [0.29, 0.717) is 6.04 Å². The van der Waals surface area contributed by atoms with Gasteiger partial charge < -0.3 is 9.88 Å². The Morgan fingerprint density at radius 1 is 1.06 bits per heavy atom. The van der Waals surface area contributed by atoms with E-state index in [0.717, 1.165) is 13.1 Å². The van der Waals surface area contributed by atoms with Gasteiger partial charge in [-0.05, 0) is 30.7 Å². The Labute approximate surface area is 108 Å². The van der Waals surface area contributed by atoms with Crippen molar-refractivity contribution in [2.24, 2.45) is 0 Å². The highest BCUT2D eigenvalue weighted by Crippen LogP contribution is 2.24. The highest BCUT2D eigenvalue weighted by atomic mass is 35.5. The fourth-order valence-corrected chi connectivity index (χ4v) is 2.43. The summed E-state index contributed by atoms with van der Waals surface area (Å²) in [6.07, 6.45) is 3.38. The standard InChI is InChI=1S/C14H16N2.ClH/c1-2-6-12(7-3-1)14-13-8-4-10-16(13)11-5-9-15-14;/h1-4,6-8,10,14-15H,5,9,11H2;1H. The molecule has 0 bridgehead atoms. The molecule has 1 aromatic carbocycles. The van der Waals surface area contributed by atoms with Gasteiger partial charge in [-0.15, -0.1) is 12.4 Å². The van der Waals surface area contributed by atoms with Crippen LogP contribution in [0.3, 0.4) is 0 Å². The smallest absolute Gasteiger partial charge is 0.0731 e. The molecule has 0 amide bonds. The number of nitrogens with zero attached hydrogens (tertiary/aromatic N) is 1. The largest absolute Gasteiger partial charge is 0.350 e. The molecule has 0 fully saturated rings. The van der Waals surface area contributed by atoms with Crippen LogP contribution in [0.15, 0.2) is 48.7 Å². The normalized spacial score (nSPS) is 18.9. The zero-order valence-electron chi connectivity index (χ0n) is 9.67. The van der Waals surface area contributed by atoms with E-state index in [9.17, 15) is 0 Å². The summed E-state index contributed by atoms with van der Waals surface area (Å²) in [5.41, 5.74) is 2.73. The van der Waals surface area contributed by atoms with Gasteiger partial charge in [0.15, 0.2) is 0 Å². The van der Waals surface area contributed by atoms with Crippen molar-refractivity contribution >= 4 is 12.4 Å². The van der Waals surface area contributed by atoms with Gasteiger partial charge in [-0.2, -0.15) is 0 Å². The van der Waals surface area contributed by atoms with Crippen LogP contribution in [0.4, 0.5) is 0 Å². The minimum Gasteiger partial charge on any atom is -0.350 e. The van der Waals surface area contributed by atoms with E-state index in [1.54, 1.807) is 0 Å². The lowest BCUT2D eigenvalue weighted by Gasteiger charge is -2.17. The van der Waals surface area contributed by atoms with Gasteiger partial charge in [-0.3, -0.25) is 0 Å². The number of fused-ring (bicyclic) bond motifs is 1. The first-order valence-corrected chi connectivity index (χ1v) is 5.88. The van der Waals surface area contributed by atoms with Crippen LogP contribution < -0.4 is 5.32 Å². The number of halogens is 1. The number of benzene rings is 1. The Balaban J connectivity index is 0.00000108. The maximum Gasteiger partial charge on any atom is 0.0731 e. The molecular formula is C14H17ClN2. The Morgan fingerprint density at radius 3 is 2.71 bits per heavy atom. The summed E-state index contributed by atoms with van der Waals surface area (Å²) in [6, 6.07) is 15.4. The maximum absolute atomic E-state index is 3.62. The molecule has 1 atom stereocenters. The molecule has 0 spiro atoms. The van der Waals surface area contributed by atoms with E-state index < -0.39 is 0 Å². The van der Waals surface area contributed by atoms with Crippen molar-refractivity contribution in [2.45, 2.75) is 19.0 Å². The van der Waals surface area contributed by atoms with Crippen molar-refractivity contribution in [2.75, 3.05) is 6.54 Å². The number of hydrogen-bond acceptors (Lipinski definition) is 1. The van der Waals surface area contributed by atoms with E-state index in [1.807, 2.05) is 0 Å². The first-order chi connectivity index (χ1) is 7.95. The zero-order valence-corrected chi connectivity index (χ0v) is 10.5. The van der Waals surface area contributed by atoms with Gasteiger partial charge in [0.25, 0.3) is 0 Å². The molecule has 3 rings (SSSR count). The molecule has 2 heterocycles. The molecule has 0 aliphatic carbocycles. The third kappa shape index (κ3) is 2.38. The molecule has 1 N–H and O–H groups in total. The van der Waals surface area contributed by atoms with Gasteiger partial charge in [0.2, 0.25) is 0 Å². The first-order valence-electron chi connectivity index (χ1n) is 5.88. The van der Waals surface area contributed by atoms with Crippen LogP contribution in [-0.4, -0.2) is 11.1 Å². The van der Waals surface area contributed by atoms with E-state index in [-0.39, 0.29) is 12.4 Å². The number of aryl methyl sites for hydroxylation is 1. The molecule has 1 aromatic heterocycles. The van der Waals surface area contributed by atoms with Crippen LogP contribution >= 0.6 is 12.4 Å². The minimum absolute atomic E-state index is 0. The predicted molar refractivity (Wildman–Crippen MR) is 72.6 cm³/mol. The van der Waals surface area contributed by atoms with Crippen LogP contribution in [0.25, 0.3) is 0 Å². The Bertz CT molecular complexity index is 464. The van der Waals surface area contributed by atoms with Gasteiger partial charge in [0.05, 0.1) is 6.04 Å². The molecule has 1 aliphatic heterocycles. The van der Waals surface area contributed by atoms with Gasteiger partial charge in [-0.1, -0.05) is 30.3 Å². The lowest BCUT2D eigenvalue weighted by atomic mass is 10.0. The molecule has 0 saturated carbocycles. The van der Waals surface area contributed by atoms with Crippen LogP contribution in [0.5, 0.6) is 0 Å². The van der Waals surface area contributed by atoms with Crippen molar-refractivity contribution in [1.82, 2.24) is 9.88 Å². The molecule has 3 heteroatoms. The van der Waals surface area contributed by atoms with Gasteiger partial charge in [-0.25, -0.2) is 0 Å². The fraction of sp³-hybridized carbons (Fsp3) is 0.286. The third-order valence-electron chi connectivity index (χ3n) is 3.22. The van der Waals surface area contributed by atoms with Crippen molar-refractivity contribution in [1.29, 1.82) is 0 Å². The molecule has 2 nitrogen and oxygen atoms in total. The second-order valence-corrected chi connectivity index (χ2v) is 4.28. The van der Waals surface area contributed by atoms with Gasteiger partial charge >= 0.3 is 0 Å². The molecule has 17 heavy (non-hydrogen) atoms. The average molecular weight is 249 g/mol. The average Bonchev–Trinajstić information content (AvgIpc) is 2.70. The molecule has 0 radical (unpaired) electrons. The van der Waals surface area contributed by atoms with E-state index in [2.05, 4.69) is 58.5 Å². The Hall–Kier alpha value is -1.25. The highest BCUT2D eigenvalue weighted by molar-refractivity contribution is 5.85. The second kappa shape index (κ2) is 5.39. The maximum atomic E-state index is 3.62. The van der Waals surface area contributed by atoms with Crippen molar-refractivity contribution in [3.63, 3.8) is 0 Å². The number of aromatic nitrogens is 1. The van der Waals surface area contributed by atoms with Crippen molar-refractivity contribution in [3.05, 3.63) is 59.9 Å². The summed E-state index contributed by atoms with van der Waals surface area (Å²) in [5.74, 6) is 0. The van der Waals surface area contributed by atoms with E-state index >= 15 is 0 Å². The summed E-state index contributed by atoms with van der Waals surface area (Å²) in [4.78, 5) is 0. The Kier molecular flexibility index (Phi) is 3.87. The quantitative estimate of drug-likeness (QED) is 0.821. The first kappa shape index (κ1) is 12.2. The topological polar surface area (TPSA) is 17.0 Å². The Morgan fingerprint density at radius 2 is 1.88 bits per heavy atom. The highest BCUT2D eigenvalue weighted by Gasteiger charge is 2.18. The summed E-state index contributed by atoms with van der Waals surface area (Å²) in [7, 11) is 0. The predicted octanol–water partition coefficient (Wildman–Crippen LogP) is 2.99. The lowest BCUT2D eigenvalue weighted by Crippen LogP contribution is -2.22. The summed E-state index contributed by atoms with van der Waals surface area (Å²) in [5, 5.41) is 3.62. The monoisotopic (exact) mass is 248 g/mol. The van der Waals surface area contributed by atoms with E-state index in [4.69, 9.17) is 0 Å². The van der Waals surface area contributed by atoms with E-state index in [1.165, 1.54) is 17.7 Å². The molecule has 1 unspecified atom stereocenters. The van der Waals surface area contributed by atoms with Crippen LogP contribution in [0.2, 0.25) is 0 Å². The SMILES string of the molecule is Cl.c1ccc(C2NCCCn3cccc32)cc1. The number of rotatable bonds is 1. The zero-order chi connectivity index (χ0) is 10.8. The summed E-state index contributed by atoms with van der Waals surface area (Å²) >= 11 is 0. The van der Waals surface area contributed by atoms with Crippen LogP contribution in [0, 0.1) is 0 Å². The molecule has 90 valence electrons. The fourth-order valence-electron chi connectivity index (χ4n) is 2.43. The molecule has 1 aliphatic rings. The molecule has 2 aromatic rings. The van der Waals surface area contributed by atoms with Gasteiger partial charge in [0.1, 0.15) is 0 Å². The number of nitrogens with one attached hydrogen (secondary N) is 1. The summed E-state index contributed by atoms with van der Waals surface area (Å²) < 4.78 is 2.36. The van der Waals surface area contributed by atoms with Crippen LogP contribution in [-0.2, 0) is 6.54 Å². The van der Waals surface area contributed by atoms with Crippen molar-refractivity contribution in [3.8, 4) is 0 Å². The van der Waals surface area contributed by atoms with Gasteiger partial charge in [0, 0.05) is 18.4 Å². The second-order valence-electron chi connectivity index (χ2n) is 4.28. The lowest BCUT2D eigenvalue weighted by molar-refractivity contribution is 0.609. The minimum atomic E-state index is 0. The third-order valence-corrected chi connectivity index (χ3v) is 3.22. The number of hydrogen-bond donors (Lipinski definition) is 1.